The van der Waals surface area contributed by atoms with Gasteiger partial charge in [-0.1, -0.05) is 22.0 Å². The minimum Gasteiger partial charge on any atom is -0.374 e. The standard InChI is InChI=1S/C10H12BrN/c1-12-7-3-4-8-9(11)5-2-6-10(8)12/h2,5-6H,3-4,7H2,1H3. The lowest BCUT2D eigenvalue weighted by Crippen LogP contribution is -2.24. The molecule has 0 fully saturated rings. The van der Waals surface area contributed by atoms with Gasteiger partial charge in [-0.25, -0.2) is 0 Å². The highest BCUT2D eigenvalue weighted by Crippen LogP contribution is 2.31. The van der Waals surface area contributed by atoms with Crippen LogP contribution in [0.25, 0.3) is 0 Å². The third kappa shape index (κ3) is 1.24. The second kappa shape index (κ2) is 3.09. The van der Waals surface area contributed by atoms with Gasteiger partial charge in [0.2, 0.25) is 0 Å². The Hall–Kier alpha value is -0.500. The fourth-order valence-corrected chi connectivity index (χ4v) is 2.32. The van der Waals surface area contributed by atoms with Gasteiger partial charge < -0.3 is 4.90 Å². The number of benzene rings is 1. The summed E-state index contributed by atoms with van der Waals surface area (Å²) in [5.74, 6) is 0. The van der Waals surface area contributed by atoms with Gasteiger partial charge in [-0.2, -0.15) is 0 Å². The second-order valence-corrected chi connectivity index (χ2v) is 4.12. The monoisotopic (exact) mass is 225 g/mol. The molecule has 0 N–H and O–H groups in total. The first-order chi connectivity index (χ1) is 5.79. The summed E-state index contributed by atoms with van der Waals surface area (Å²) in [6.45, 7) is 1.18. The van der Waals surface area contributed by atoms with Crippen molar-refractivity contribution in [3.8, 4) is 0 Å². The van der Waals surface area contributed by atoms with Crippen molar-refractivity contribution in [3.05, 3.63) is 28.2 Å². The van der Waals surface area contributed by atoms with E-state index in [4.69, 9.17) is 0 Å². The maximum atomic E-state index is 3.58. The number of rotatable bonds is 0. The Labute approximate surface area is 81.5 Å². The molecule has 2 heteroatoms. The van der Waals surface area contributed by atoms with Crippen LogP contribution in [0.3, 0.4) is 0 Å². The maximum Gasteiger partial charge on any atom is 0.0407 e. The van der Waals surface area contributed by atoms with Gasteiger partial charge in [0.25, 0.3) is 0 Å². The molecule has 0 spiro atoms. The Balaban J connectivity index is 2.52. The van der Waals surface area contributed by atoms with Crippen molar-refractivity contribution in [1.29, 1.82) is 0 Å². The van der Waals surface area contributed by atoms with Crippen LogP contribution in [0.2, 0.25) is 0 Å². The van der Waals surface area contributed by atoms with Gasteiger partial charge in [0.1, 0.15) is 0 Å². The Morgan fingerprint density at radius 1 is 1.42 bits per heavy atom. The third-order valence-corrected chi connectivity index (χ3v) is 3.17. The van der Waals surface area contributed by atoms with Crippen LogP contribution in [0.15, 0.2) is 22.7 Å². The summed E-state index contributed by atoms with van der Waals surface area (Å²) in [5.41, 5.74) is 2.85. The SMILES string of the molecule is CN1CCCc2c(Br)cccc21. The van der Waals surface area contributed by atoms with Gasteiger partial charge in [-0.3, -0.25) is 0 Å². The summed E-state index contributed by atoms with van der Waals surface area (Å²) in [5, 5.41) is 0. The topological polar surface area (TPSA) is 3.24 Å². The Kier molecular flexibility index (Phi) is 2.09. The van der Waals surface area contributed by atoms with Gasteiger partial charge in [-0.15, -0.1) is 0 Å². The van der Waals surface area contributed by atoms with E-state index in [2.05, 4.69) is 46.1 Å². The van der Waals surface area contributed by atoms with Gasteiger partial charge in [0.15, 0.2) is 0 Å². The van der Waals surface area contributed by atoms with E-state index in [1.54, 1.807) is 0 Å². The van der Waals surface area contributed by atoms with Gasteiger partial charge >= 0.3 is 0 Å². The van der Waals surface area contributed by atoms with E-state index in [-0.39, 0.29) is 0 Å². The fourth-order valence-electron chi connectivity index (χ4n) is 1.77. The minimum absolute atomic E-state index is 1.18. The summed E-state index contributed by atoms with van der Waals surface area (Å²) < 4.78 is 1.26. The number of fused-ring (bicyclic) bond motifs is 1. The van der Waals surface area contributed by atoms with Crippen molar-refractivity contribution in [2.24, 2.45) is 0 Å². The molecule has 1 heterocycles. The molecule has 1 aromatic rings. The predicted octanol–water partition coefficient (Wildman–Crippen LogP) is 2.83. The van der Waals surface area contributed by atoms with E-state index in [0.717, 1.165) is 0 Å². The molecule has 0 aliphatic carbocycles. The zero-order valence-corrected chi connectivity index (χ0v) is 8.76. The molecule has 0 saturated carbocycles. The van der Waals surface area contributed by atoms with Crippen LogP contribution in [-0.4, -0.2) is 13.6 Å². The van der Waals surface area contributed by atoms with Crippen LogP contribution in [0.5, 0.6) is 0 Å². The lowest BCUT2D eigenvalue weighted by atomic mass is 10.0. The van der Waals surface area contributed by atoms with Crippen molar-refractivity contribution in [2.45, 2.75) is 12.8 Å². The largest absolute Gasteiger partial charge is 0.374 e. The molecule has 0 atom stereocenters. The first kappa shape index (κ1) is 8.11. The maximum absolute atomic E-state index is 3.58. The number of anilines is 1. The molecule has 64 valence electrons. The normalized spacial score (nSPS) is 16.0. The van der Waals surface area contributed by atoms with Crippen LogP contribution < -0.4 is 4.90 Å². The number of nitrogens with zero attached hydrogens (tertiary/aromatic N) is 1. The molecule has 0 saturated heterocycles. The Morgan fingerprint density at radius 2 is 2.25 bits per heavy atom. The number of hydrogen-bond acceptors (Lipinski definition) is 1. The van der Waals surface area contributed by atoms with Crippen molar-refractivity contribution in [2.75, 3.05) is 18.5 Å². The summed E-state index contributed by atoms with van der Waals surface area (Å²) >= 11 is 3.58. The van der Waals surface area contributed by atoms with E-state index in [1.165, 1.54) is 35.1 Å². The molecule has 1 aromatic carbocycles. The van der Waals surface area contributed by atoms with E-state index >= 15 is 0 Å². The van der Waals surface area contributed by atoms with Crippen molar-refractivity contribution >= 4 is 21.6 Å². The molecule has 0 unspecified atom stereocenters. The van der Waals surface area contributed by atoms with Crippen LogP contribution >= 0.6 is 15.9 Å². The zero-order valence-electron chi connectivity index (χ0n) is 7.18. The molecular formula is C10H12BrN. The molecule has 0 amide bonds. The second-order valence-electron chi connectivity index (χ2n) is 3.26. The van der Waals surface area contributed by atoms with Gasteiger partial charge in [-0.05, 0) is 30.5 Å². The Bertz CT molecular complexity index is 296. The average Bonchev–Trinajstić information content (AvgIpc) is 2.07. The van der Waals surface area contributed by atoms with Crippen molar-refractivity contribution < 1.29 is 0 Å². The lowest BCUT2D eigenvalue weighted by Gasteiger charge is -2.27. The minimum atomic E-state index is 1.18. The quantitative estimate of drug-likeness (QED) is 0.657. The first-order valence-electron chi connectivity index (χ1n) is 4.27. The average molecular weight is 226 g/mol. The summed E-state index contributed by atoms with van der Waals surface area (Å²) in [6.07, 6.45) is 2.48. The smallest absolute Gasteiger partial charge is 0.0407 e. The van der Waals surface area contributed by atoms with Crippen LogP contribution in [0, 0.1) is 0 Å². The summed E-state index contributed by atoms with van der Waals surface area (Å²) in [4.78, 5) is 2.32. The molecule has 12 heavy (non-hydrogen) atoms. The highest BCUT2D eigenvalue weighted by Gasteiger charge is 2.14. The van der Waals surface area contributed by atoms with Crippen molar-refractivity contribution in [1.82, 2.24) is 0 Å². The molecule has 1 aliphatic heterocycles. The van der Waals surface area contributed by atoms with E-state index in [9.17, 15) is 0 Å². The molecule has 0 radical (unpaired) electrons. The molecular weight excluding hydrogens is 214 g/mol. The van der Waals surface area contributed by atoms with Crippen LogP contribution in [0.1, 0.15) is 12.0 Å². The van der Waals surface area contributed by atoms with E-state index in [0.29, 0.717) is 0 Å². The molecule has 0 bridgehead atoms. The van der Waals surface area contributed by atoms with Gasteiger partial charge in [0.05, 0.1) is 0 Å². The van der Waals surface area contributed by atoms with E-state index in [1.807, 2.05) is 0 Å². The molecule has 1 nitrogen and oxygen atoms in total. The zero-order chi connectivity index (χ0) is 8.55. The summed E-state index contributed by atoms with van der Waals surface area (Å²) in [6, 6.07) is 6.42. The number of halogens is 1. The molecule has 0 aromatic heterocycles. The fraction of sp³-hybridized carbons (Fsp3) is 0.400. The predicted molar refractivity (Wildman–Crippen MR) is 55.7 cm³/mol. The van der Waals surface area contributed by atoms with Crippen LogP contribution in [-0.2, 0) is 6.42 Å². The van der Waals surface area contributed by atoms with Gasteiger partial charge in [0, 0.05) is 23.8 Å². The first-order valence-corrected chi connectivity index (χ1v) is 5.07. The van der Waals surface area contributed by atoms with E-state index < -0.39 is 0 Å². The third-order valence-electron chi connectivity index (χ3n) is 2.43. The number of hydrogen-bond donors (Lipinski definition) is 0. The molecule has 2 rings (SSSR count). The lowest BCUT2D eigenvalue weighted by molar-refractivity contribution is 0.742. The highest BCUT2D eigenvalue weighted by atomic mass is 79.9. The highest BCUT2D eigenvalue weighted by molar-refractivity contribution is 9.10. The van der Waals surface area contributed by atoms with Crippen LogP contribution in [0.4, 0.5) is 5.69 Å². The Morgan fingerprint density at radius 3 is 3.00 bits per heavy atom. The van der Waals surface area contributed by atoms with Crippen molar-refractivity contribution in [3.63, 3.8) is 0 Å². The summed E-state index contributed by atoms with van der Waals surface area (Å²) in [7, 11) is 2.16. The molecule has 1 aliphatic rings.